The third kappa shape index (κ3) is 5.03. The zero-order chi connectivity index (χ0) is 18.1. The highest BCUT2D eigenvalue weighted by Crippen LogP contribution is 2.43. The molecule has 1 aliphatic carbocycles. The van der Waals surface area contributed by atoms with Gasteiger partial charge in [-0.25, -0.2) is 8.60 Å². The van der Waals surface area contributed by atoms with Gasteiger partial charge in [-0.3, -0.25) is 5.14 Å². The Hall–Kier alpha value is -0.940. The quantitative estimate of drug-likeness (QED) is 0.781. The lowest BCUT2D eigenvalue weighted by molar-refractivity contribution is 0.275. The summed E-state index contributed by atoms with van der Waals surface area (Å²) in [5.41, 5.74) is 0.940. The summed E-state index contributed by atoms with van der Waals surface area (Å²) in [4.78, 5) is 0. The molecule has 0 radical (unpaired) electrons. The van der Waals surface area contributed by atoms with E-state index < -0.39 is 15.7 Å². The molecule has 0 heterocycles. The highest BCUT2D eigenvalue weighted by Gasteiger charge is 2.35. The van der Waals surface area contributed by atoms with Crippen LogP contribution in [-0.4, -0.2) is 15.6 Å². The third-order valence-electron chi connectivity index (χ3n) is 4.81. The molecule has 5 heteroatoms. The highest BCUT2D eigenvalue weighted by atomic mass is 32.2. The van der Waals surface area contributed by atoms with Gasteiger partial charge in [-0.2, -0.15) is 0 Å². The smallest absolute Gasteiger partial charge is 0.165 e. The molecule has 1 aromatic rings. The van der Waals surface area contributed by atoms with E-state index in [1.54, 1.807) is 0 Å². The Morgan fingerprint density at radius 3 is 2.42 bits per heavy atom. The van der Waals surface area contributed by atoms with E-state index in [1.165, 1.54) is 18.9 Å². The van der Waals surface area contributed by atoms with Crippen molar-refractivity contribution in [2.45, 2.75) is 64.5 Å². The van der Waals surface area contributed by atoms with Gasteiger partial charge in [0.15, 0.2) is 11.6 Å². The first-order valence-corrected chi connectivity index (χ1v) is 9.80. The molecule has 0 bridgehead atoms. The van der Waals surface area contributed by atoms with Gasteiger partial charge < -0.3 is 4.74 Å². The first-order chi connectivity index (χ1) is 11.0. The van der Waals surface area contributed by atoms with Crippen molar-refractivity contribution >= 4 is 11.0 Å². The van der Waals surface area contributed by atoms with E-state index >= 15 is 0 Å². The standard InChI is InChI=1S/C19H30FNO2S/c1-18(2,3)15(11-19(4,5)24(21)22)14-8-9-16(20)17(10-14)23-12-13-6-7-13/h8-10,13,15H,6-7,11-12,21H2,1-5H3. The van der Waals surface area contributed by atoms with Crippen LogP contribution in [0.1, 0.15) is 65.4 Å². The van der Waals surface area contributed by atoms with Gasteiger partial charge in [-0.1, -0.05) is 26.8 Å². The maximum absolute atomic E-state index is 14.1. The van der Waals surface area contributed by atoms with E-state index in [0.29, 0.717) is 24.7 Å². The Morgan fingerprint density at radius 1 is 1.29 bits per heavy atom. The van der Waals surface area contributed by atoms with E-state index in [0.717, 1.165) is 5.56 Å². The van der Waals surface area contributed by atoms with Gasteiger partial charge in [0, 0.05) is 0 Å². The first-order valence-electron chi connectivity index (χ1n) is 8.59. The van der Waals surface area contributed by atoms with Crippen molar-refractivity contribution in [1.82, 2.24) is 0 Å². The molecule has 2 rings (SSSR count). The minimum absolute atomic E-state index is 0.0672. The molecule has 2 atom stereocenters. The van der Waals surface area contributed by atoms with E-state index in [-0.39, 0.29) is 17.2 Å². The van der Waals surface area contributed by atoms with Crippen LogP contribution in [0.5, 0.6) is 5.75 Å². The lowest BCUT2D eigenvalue weighted by atomic mass is 9.72. The molecule has 3 nitrogen and oxygen atoms in total. The fourth-order valence-electron chi connectivity index (χ4n) is 2.84. The third-order valence-corrected chi connectivity index (χ3v) is 6.07. The summed E-state index contributed by atoms with van der Waals surface area (Å²) in [5, 5.41) is 5.67. The van der Waals surface area contributed by atoms with Crippen LogP contribution in [0.3, 0.4) is 0 Å². The number of benzene rings is 1. The minimum atomic E-state index is -1.42. The molecule has 2 N–H and O–H groups in total. The van der Waals surface area contributed by atoms with Crippen molar-refractivity contribution in [3.05, 3.63) is 29.6 Å². The van der Waals surface area contributed by atoms with Gasteiger partial charge >= 0.3 is 0 Å². The van der Waals surface area contributed by atoms with Crippen molar-refractivity contribution in [3.8, 4) is 5.75 Å². The van der Waals surface area contributed by atoms with E-state index in [4.69, 9.17) is 9.88 Å². The topological polar surface area (TPSA) is 52.3 Å². The van der Waals surface area contributed by atoms with Crippen LogP contribution >= 0.6 is 0 Å². The second kappa shape index (κ2) is 7.12. The molecule has 136 valence electrons. The number of hydrogen-bond acceptors (Lipinski definition) is 2. The number of rotatable bonds is 7. The number of hydrogen-bond donors (Lipinski definition) is 1. The Labute approximate surface area is 147 Å². The van der Waals surface area contributed by atoms with Crippen molar-refractivity contribution in [3.63, 3.8) is 0 Å². The summed E-state index contributed by atoms with van der Waals surface area (Å²) in [6.45, 7) is 10.8. The van der Waals surface area contributed by atoms with Crippen LogP contribution in [0.15, 0.2) is 18.2 Å². The summed E-state index contributed by atoms with van der Waals surface area (Å²) >= 11 is 0. The van der Waals surface area contributed by atoms with E-state index in [9.17, 15) is 8.60 Å². The number of ether oxygens (including phenoxy) is 1. The van der Waals surface area contributed by atoms with Crippen LogP contribution in [0.25, 0.3) is 0 Å². The van der Waals surface area contributed by atoms with Gasteiger partial charge in [0.05, 0.1) is 22.3 Å². The lowest BCUT2D eigenvalue weighted by Crippen LogP contribution is -2.36. The van der Waals surface area contributed by atoms with Gasteiger partial charge in [-0.15, -0.1) is 0 Å². The van der Waals surface area contributed by atoms with E-state index in [1.807, 2.05) is 26.0 Å². The largest absolute Gasteiger partial charge is 0.490 e. The van der Waals surface area contributed by atoms with Gasteiger partial charge in [0.1, 0.15) is 0 Å². The van der Waals surface area contributed by atoms with Crippen LogP contribution in [-0.2, 0) is 11.0 Å². The highest BCUT2D eigenvalue weighted by molar-refractivity contribution is 7.84. The van der Waals surface area contributed by atoms with Crippen molar-refractivity contribution in [2.24, 2.45) is 16.5 Å². The van der Waals surface area contributed by atoms with Gasteiger partial charge in [0.2, 0.25) is 0 Å². The van der Waals surface area contributed by atoms with Crippen molar-refractivity contribution in [2.75, 3.05) is 6.61 Å². The van der Waals surface area contributed by atoms with Crippen LogP contribution in [0, 0.1) is 17.2 Å². The molecule has 1 aliphatic rings. The van der Waals surface area contributed by atoms with Crippen LogP contribution in [0.2, 0.25) is 0 Å². The Bertz CT molecular complexity index is 606. The average molecular weight is 356 g/mol. The second-order valence-electron chi connectivity index (χ2n) is 8.62. The Morgan fingerprint density at radius 2 is 1.92 bits per heavy atom. The zero-order valence-corrected chi connectivity index (χ0v) is 16.2. The summed E-state index contributed by atoms with van der Waals surface area (Å²) in [5.74, 6) is 0.669. The molecular weight excluding hydrogens is 325 g/mol. The van der Waals surface area contributed by atoms with Gasteiger partial charge in [0.25, 0.3) is 0 Å². The lowest BCUT2D eigenvalue weighted by Gasteiger charge is -2.36. The molecule has 0 aliphatic heterocycles. The maximum atomic E-state index is 14.1. The molecule has 0 amide bonds. The summed E-state index contributed by atoms with van der Waals surface area (Å²) in [7, 11) is -1.42. The normalized spacial score (nSPS) is 18.3. The molecule has 2 unspecified atom stereocenters. The van der Waals surface area contributed by atoms with Crippen LogP contribution in [0.4, 0.5) is 4.39 Å². The fourth-order valence-corrected chi connectivity index (χ4v) is 3.17. The molecule has 1 aromatic carbocycles. The summed E-state index contributed by atoms with van der Waals surface area (Å²) < 4.78 is 31.1. The average Bonchev–Trinajstić information content (AvgIpc) is 3.27. The Kier molecular flexibility index (Phi) is 5.75. The van der Waals surface area contributed by atoms with Gasteiger partial charge in [-0.05, 0) is 68.1 Å². The summed E-state index contributed by atoms with van der Waals surface area (Å²) in [6, 6.07) is 5.09. The second-order valence-corrected chi connectivity index (χ2v) is 10.3. The summed E-state index contributed by atoms with van der Waals surface area (Å²) in [6.07, 6.45) is 3.00. The molecule has 0 aromatic heterocycles. The zero-order valence-electron chi connectivity index (χ0n) is 15.4. The minimum Gasteiger partial charge on any atom is -0.490 e. The van der Waals surface area contributed by atoms with Crippen molar-refractivity contribution < 1.29 is 13.3 Å². The molecular formula is C19H30FNO2S. The maximum Gasteiger partial charge on any atom is 0.165 e. The van der Waals surface area contributed by atoms with Crippen LogP contribution < -0.4 is 9.88 Å². The predicted octanol–water partition coefficient (Wildman–Crippen LogP) is 4.54. The SMILES string of the molecule is CC(C)(C)C(CC(C)(C)S(N)=O)c1ccc(F)c(OCC2CC2)c1. The fraction of sp³-hybridized carbons (Fsp3) is 0.684. The molecule has 0 spiro atoms. The van der Waals surface area contributed by atoms with E-state index in [2.05, 4.69) is 20.8 Å². The Balaban J connectivity index is 2.28. The molecule has 1 saturated carbocycles. The van der Waals surface area contributed by atoms with Crippen molar-refractivity contribution in [1.29, 1.82) is 0 Å². The first kappa shape index (κ1) is 19.4. The number of halogens is 1. The molecule has 0 saturated heterocycles. The molecule has 24 heavy (non-hydrogen) atoms. The molecule has 1 fully saturated rings. The predicted molar refractivity (Wildman–Crippen MR) is 97.8 cm³/mol. The monoisotopic (exact) mass is 355 g/mol. The number of nitrogens with two attached hydrogens (primary N) is 1.